The third-order valence-electron chi connectivity index (χ3n) is 1.50. The van der Waals surface area contributed by atoms with Crippen LogP contribution in [-0.4, -0.2) is 22.8 Å². The quantitative estimate of drug-likeness (QED) is 0.725. The average Bonchev–Trinajstić information content (AvgIpc) is 2.08. The van der Waals surface area contributed by atoms with E-state index in [4.69, 9.17) is 9.84 Å². The normalized spacial score (nSPS) is 12.1. The van der Waals surface area contributed by atoms with Crippen LogP contribution in [0.3, 0.4) is 0 Å². The van der Waals surface area contributed by atoms with Crippen LogP contribution in [0.5, 0.6) is 0 Å². The molecule has 0 aromatic heterocycles. The number of carboxylic acids is 1. The van der Waals surface area contributed by atoms with E-state index < -0.39 is 17.7 Å². The first-order valence-corrected chi connectivity index (χ1v) is 5.19. The molecule has 0 bridgehead atoms. The number of alkyl carbamates (subject to hydrolysis) is 1. The second kappa shape index (κ2) is 6.15. The highest BCUT2D eigenvalue weighted by molar-refractivity contribution is 5.90. The fourth-order valence-electron chi connectivity index (χ4n) is 0.894. The molecule has 0 fully saturated rings. The minimum Gasteiger partial charge on any atom is -0.477 e. The lowest BCUT2D eigenvalue weighted by molar-refractivity contribution is -0.133. The van der Waals surface area contributed by atoms with Crippen molar-refractivity contribution in [1.29, 1.82) is 0 Å². The van der Waals surface area contributed by atoms with Crippen LogP contribution in [0.1, 0.15) is 40.5 Å². The second-order valence-corrected chi connectivity index (χ2v) is 4.34. The number of carboxylic acid groups (broad SMARTS) is 1. The van der Waals surface area contributed by atoms with E-state index in [1.807, 2.05) is 6.92 Å². The van der Waals surface area contributed by atoms with Gasteiger partial charge in [0.1, 0.15) is 11.3 Å². The van der Waals surface area contributed by atoms with Crippen LogP contribution in [0, 0.1) is 0 Å². The van der Waals surface area contributed by atoms with Crippen LogP contribution < -0.4 is 5.32 Å². The first-order chi connectivity index (χ1) is 7.26. The van der Waals surface area contributed by atoms with Crippen LogP contribution in [-0.2, 0) is 9.53 Å². The van der Waals surface area contributed by atoms with Crippen LogP contribution in [0.2, 0.25) is 0 Å². The molecule has 0 unspecified atom stereocenters. The van der Waals surface area contributed by atoms with E-state index in [0.29, 0.717) is 6.42 Å². The van der Waals surface area contributed by atoms with E-state index >= 15 is 0 Å². The van der Waals surface area contributed by atoms with Gasteiger partial charge >= 0.3 is 12.1 Å². The summed E-state index contributed by atoms with van der Waals surface area (Å²) in [5.41, 5.74) is -0.783. The van der Waals surface area contributed by atoms with E-state index in [1.54, 1.807) is 20.8 Å². The average molecular weight is 229 g/mol. The van der Waals surface area contributed by atoms with Crippen molar-refractivity contribution in [2.24, 2.45) is 0 Å². The topological polar surface area (TPSA) is 75.6 Å². The maximum atomic E-state index is 11.3. The van der Waals surface area contributed by atoms with Gasteiger partial charge in [0.2, 0.25) is 0 Å². The lowest BCUT2D eigenvalue weighted by Gasteiger charge is -2.19. The standard InChI is InChI=1S/C11H19NO4/c1-5-6-7-8(9(13)14)12-10(15)16-11(2,3)4/h7H,5-6H2,1-4H3,(H,12,15)(H,13,14)/b8-7+. The molecule has 2 N–H and O–H groups in total. The Morgan fingerprint density at radius 1 is 1.38 bits per heavy atom. The summed E-state index contributed by atoms with van der Waals surface area (Å²) in [5.74, 6) is -1.17. The van der Waals surface area contributed by atoms with E-state index in [2.05, 4.69) is 5.32 Å². The Morgan fingerprint density at radius 3 is 2.31 bits per heavy atom. The van der Waals surface area contributed by atoms with Crippen LogP contribution in [0.15, 0.2) is 11.8 Å². The number of rotatable bonds is 4. The summed E-state index contributed by atoms with van der Waals surface area (Å²) in [4.78, 5) is 22.1. The zero-order valence-corrected chi connectivity index (χ0v) is 10.2. The number of ether oxygens (including phenoxy) is 1. The molecule has 0 heterocycles. The van der Waals surface area contributed by atoms with Crippen molar-refractivity contribution in [1.82, 2.24) is 5.32 Å². The van der Waals surface area contributed by atoms with E-state index in [1.165, 1.54) is 6.08 Å². The maximum absolute atomic E-state index is 11.3. The van der Waals surface area contributed by atoms with Gasteiger partial charge in [0.15, 0.2) is 0 Å². The zero-order chi connectivity index (χ0) is 12.8. The molecule has 0 aliphatic rings. The number of nitrogens with one attached hydrogen (secondary N) is 1. The molecular formula is C11H19NO4. The molecule has 0 aromatic rings. The number of hydrogen-bond donors (Lipinski definition) is 2. The van der Waals surface area contributed by atoms with Gasteiger partial charge in [-0.25, -0.2) is 9.59 Å². The lowest BCUT2D eigenvalue weighted by Crippen LogP contribution is -2.34. The molecule has 0 aliphatic heterocycles. The van der Waals surface area contributed by atoms with Crippen molar-refractivity contribution >= 4 is 12.1 Å². The van der Waals surface area contributed by atoms with Crippen LogP contribution >= 0.6 is 0 Å². The molecule has 0 aliphatic carbocycles. The Morgan fingerprint density at radius 2 is 1.94 bits per heavy atom. The Balaban J connectivity index is 4.42. The summed E-state index contributed by atoms with van der Waals surface area (Å²) < 4.78 is 4.94. The molecule has 1 amide bonds. The summed E-state index contributed by atoms with van der Waals surface area (Å²) in [5, 5.41) is 11.0. The number of amides is 1. The SMILES string of the molecule is CCC/C=C(/NC(=O)OC(C)(C)C)C(=O)O. The summed E-state index contributed by atoms with van der Waals surface area (Å²) in [6.45, 7) is 7.05. The molecule has 16 heavy (non-hydrogen) atoms. The van der Waals surface area contributed by atoms with E-state index in [9.17, 15) is 9.59 Å². The summed E-state index contributed by atoms with van der Waals surface area (Å²) in [7, 11) is 0. The lowest BCUT2D eigenvalue weighted by atomic mass is 10.2. The molecule has 5 heteroatoms. The largest absolute Gasteiger partial charge is 0.477 e. The Labute approximate surface area is 95.5 Å². The van der Waals surface area contributed by atoms with Crippen molar-refractivity contribution < 1.29 is 19.4 Å². The second-order valence-electron chi connectivity index (χ2n) is 4.34. The predicted molar refractivity (Wildman–Crippen MR) is 60.0 cm³/mol. The summed E-state index contributed by atoms with van der Waals surface area (Å²) >= 11 is 0. The minimum absolute atomic E-state index is 0.142. The predicted octanol–water partition coefficient (Wildman–Crippen LogP) is 2.28. The highest BCUT2D eigenvalue weighted by Gasteiger charge is 2.18. The van der Waals surface area contributed by atoms with Crippen molar-refractivity contribution in [3.05, 3.63) is 11.8 Å². The highest BCUT2D eigenvalue weighted by atomic mass is 16.6. The molecule has 0 atom stereocenters. The first kappa shape index (κ1) is 14.5. The van der Waals surface area contributed by atoms with Gasteiger partial charge in [-0.3, -0.25) is 5.32 Å². The van der Waals surface area contributed by atoms with Gasteiger partial charge in [0, 0.05) is 0 Å². The Bertz CT molecular complexity index is 289. The summed E-state index contributed by atoms with van der Waals surface area (Å²) in [6.07, 6.45) is 2.12. The molecule has 0 rings (SSSR count). The van der Waals surface area contributed by atoms with E-state index in [-0.39, 0.29) is 5.70 Å². The Hall–Kier alpha value is -1.52. The number of aliphatic carboxylic acids is 1. The molecular weight excluding hydrogens is 210 g/mol. The number of carbonyl (C=O) groups is 2. The molecule has 92 valence electrons. The van der Waals surface area contributed by atoms with Crippen LogP contribution in [0.25, 0.3) is 0 Å². The fourth-order valence-corrected chi connectivity index (χ4v) is 0.894. The summed E-state index contributed by atoms with van der Waals surface area (Å²) in [6, 6.07) is 0. The number of hydrogen-bond acceptors (Lipinski definition) is 3. The molecule has 0 aromatic carbocycles. The number of allylic oxidation sites excluding steroid dienone is 1. The van der Waals surface area contributed by atoms with Gasteiger partial charge in [0.25, 0.3) is 0 Å². The van der Waals surface area contributed by atoms with Crippen molar-refractivity contribution in [3.63, 3.8) is 0 Å². The minimum atomic E-state index is -1.17. The maximum Gasteiger partial charge on any atom is 0.412 e. The van der Waals surface area contributed by atoms with Gasteiger partial charge in [-0.1, -0.05) is 19.4 Å². The molecule has 5 nitrogen and oxygen atoms in total. The van der Waals surface area contributed by atoms with Gasteiger partial charge in [-0.05, 0) is 27.2 Å². The van der Waals surface area contributed by atoms with Crippen molar-refractivity contribution in [2.75, 3.05) is 0 Å². The molecule has 0 saturated carbocycles. The van der Waals surface area contributed by atoms with Crippen molar-refractivity contribution in [2.45, 2.75) is 46.1 Å². The Kier molecular flexibility index (Phi) is 5.56. The number of unbranched alkanes of at least 4 members (excludes halogenated alkanes) is 1. The van der Waals surface area contributed by atoms with Crippen LogP contribution in [0.4, 0.5) is 4.79 Å². The van der Waals surface area contributed by atoms with E-state index in [0.717, 1.165) is 6.42 Å². The number of carbonyl (C=O) groups excluding carboxylic acids is 1. The molecule has 0 spiro atoms. The zero-order valence-electron chi connectivity index (χ0n) is 10.2. The molecule has 0 saturated heterocycles. The molecule has 0 radical (unpaired) electrons. The van der Waals surface area contributed by atoms with Gasteiger partial charge in [0.05, 0.1) is 0 Å². The monoisotopic (exact) mass is 229 g/mol. The smallest absolute Gasteiger partial charge is 0.412 e. The van der Waals surface area contributed by atoms with Gasteiger partial charge in [-0.15, -0.1) is 0 Å². The fraction of sp³-hybridized carbons (Fsp3) is 0.636. The third-order valence-corrected chi connectivity index (χ3v) is 1.50. The van der Waals surface area contributed by atoms with Gasteiger partial charge in [-0.2, -0.15) is 0 Å². The van der Waals surface area contributed by atoms with Crippen molar-refractivity contribution in [3.8, 4) is 0 Å². The first-order valence-electron chi connectivity index (χ1n) is 5.19. The van der Waals surface area contributed by atoms with Gasteiger partial charge < -0.3 is 9.84 Å². The third kappa shape index (κ3) is 6.86. The highest BCUT2D eigenvalue weighted by Crippen LogP contribution is 2.07.